The summed E-state index contributed by atoms with van der Waals surface area (Å²) < 4.78 is 3.54. The van der Waals surface area contributed by atoms with Crippen molar-refractivity contribution in [1.82, 2.24) is 24.3 Å². The van der Waals surface area contributed by atoms with Crippen molar-refractivity contribution in [2.24, 2.45) is 7.05 Å². The van der Waals surface area contributed by atoms with Gasteiger partial charge in [-0.3, -0.25) is 4.79 Å². The molecule has 4 rings (SSSR count). The van der Waals surface area contributed by atoms with E-state index in [4.69, 9.17) is 0 Å². The molecule has 0 aliphatic rings. The number of imidazole rings is 1. The van der Waals surface area contributed by atoms with Crippen LogP contribution in [-0.4, -0.2) is 30.2 Å². The normalized spacial score (nSPS) is 10.9. The maximum atomic E-state index is 12.5. The number of nitrogens with one attached hydrogen (secondary N) is 1. The standard InChI is InChI=1S/C17H14N6O/c1-22-11-19-15-8-12(10-18-16(15)22)17(24)21-13-4-2-5-14(9-13)23-7-3-6-20-23/h2-11H,1H3,(H,21,24). The third-order valence-electron chi connectivity index (χ3n) is 3.69. The molecule has 0 aliphatic heterocycles. The number of hydrogen-bond acceptors (Lipinski definition) is 4. The molecule has 0 fully saturated rings. The van der Waals surface area contributed by atoms with E-state index in [2.05, 4.69) is 20.4 Å². The number of hydrogen-bond donors (Lipinski definition) is 1. The van der Waals surface area contributed by atoms with E-state index < -0.39 is 0 Å². The molecule has 1 aromatic carbocycles. The smallest absolute Gasteiger partial charge is 0.257 e. The van der Waals surface area contributed by atoms with Gasteiger partial charge in [0.2, 0.25) is 0 Å². The molecule has 0 unspecified atom stereocenters. The zero-order valence-corrected chi connectivity index (χ0v) is 12.9. The minimum absolute atomic E-state index is 0.229. The molecular formula is C17H14N6O. The van der Waals surface area contributed by atoms with E-state index in [-0.39, 0.29) is 5.91 Å². The first-order valence-electron chi connectivity index (χ1n) is 7.39. The van der Waals surface area contributed by atoms with E-state index in [1.807, 2.05) is 48.1 Å². The van der Waals surface area contributed by atoms with Gasteiger partial charge >= 0.3 is 0 Å². The zero-order valence-electron chi connectivity index (χ0n) is 12.9. The lowest BCUT2D eigenvalue weighted by Crippen LogP contribution is -2.12. The molecule has 0 radical (unpaired) electrons. The first kappa shape index (κ1) is 14.1. The number of fused-ring (bicyclic) bond motifs is 1. The van der Waals surface area contributed by atoms with E-state index in [0.717, 1.165) is 11.3 Å². The number of aromatic nitrogens is 5. The zero-order chi connectivity index (χ0) is 16.5. The fraction of sp³-hybridized carbons (Fsp3) is 0.0588. The van der Waals surface area contributed by atoms with Crippen molar-refractivity contribution in [3.63, 3.8) is 0 Å². The largest absolute Gasteiger partial charge is 0.322 e. The molecule has 0 aliphatic carbocycles. The van der Waals surface area contributed by atoms with E-state index in [1.54, 1.807) is 29.5 Å². The van der Waals surface area contributed by atoms with Crippen LogP contribution in [0.15, 0.2) is 61.3 Å². The molecule has 4 aromatic rings. The number of carbonyl (C=O) groups is 1. The van der Waals surface area contributed by atoms with E-state index in [9.17, 15) is 4.79 Å². The van der Waals surface area contributed by atoms with Crippen molar-refractivity contribution in [3.8, 4) is 5.69 Å². The van der Waals surface area contributed by atoms with Crippen molar-refractivity contribution >= 4 is 22.8 Å². The summed E-state index contributed by atoms with van der Waals surface area (Å²) in [5.74, 6) is -0.229. The Balaban J connectivity index is 1.60. The van der Waals surface area contributed by atoms with Crippen LogP contribution < -0.4 is 5.32 Å². The summed E-state index contributed by atoms with van der Waals surface area (Å²) >= 11 is 0. The van der Waals surface area contributed by atoms with Gasteiger partial charge in [-0.25, -0.2) is 14.6 Å². The fourth-order valence-electron chi connectivity index (χ4n) is 2.49. The summed E-state index contributed by atoms with van der Waals surface area (Å²) in [7, 11) is 1.86. The average molecular weight is 318 g/mol. The van der Waals surface area contributed by atoms with Gasteiger partial charge in [0.05, 0.1) is 17.6 Å². The third kappa shape index (κ3) is 2.52. The fourth-order valence-corrected chi connectivity index (χ4v) is 2.49. The minimum atomic E-state index is -0.229. The van der Waals surface area contributed by atoms with Gasteiger partial charge in [0.1, 0.15) is 5.52 Å². The van der Waals surface area contributed by atoms with Gasteiger partial charge in [-0.1, -0.05) is 6.07 Å². The molecule has 118 valence electrons. The predicted octanol–water partition coefficient (Wildman–Crippen LogP) is 2.41. The Hall–Kier alpha value is -3.48. The van der Waals surface area contributed by atoms with Crippen molar-refractivity contribution < 1.29 is 4.79 Å². The second kappa shape index (κ2) is 5.62. The SMILES string of the molecule is Cn1cnc2cc(C(=O)Nc3cccc(-n4cccn4)c3)cnc21. The van der Waals surface area contributed by atoms with Crippen LogP contribution >= 0.6 is 0 Å². The molecule has 0 saturated carbocycles. The first-order valence-corrected chi connectivity index (χ1v) is 7.39. The third-order valence-corrected chi connectivity index (χ3v) is 3.69. The van der Waals surface area contributed by atoms with Gasteiger partial charge in [0, 0.05) is 31.3 Å². The molecule has 24 heavy (non-hydrogen) atoms. The van der Waals surface area contributed by atoms with Crippen LogP contribution in [0.4, 0.5) is 5.69 Å². The van der Waals surface area contributed by atoms with Gasteiger partial charge in [0.15, 0.2) is 5.65 Å². The Morgan fingerprint density at radius 3 is 2.92 bits per heavy atom. The minimum Gasteiger partial charge on any atom is -0.322 e. The summed E-state index contributed by atoms with van der Waals surface area (Å²) in [6, 6.07) is 11.1. The summed E-state index contributed by atoms with van der Waals surface area (Å²) in [6.07, 6.45) is 6.78. The Morgan fingerprint density at radius 2 is 2.08 bits per heavy atom. The molecule has 3 aromatic heterocycles. The maximum Gasteiger partial charge on any atom is 0.257 e. The second-order valence-electron chi connectivity index (χ2n) is 5.38. The van der Waals surface area contributed by atoms with Crippen molar-refractivity contribution in [2.75, 3.05) is 5.32 Å². The summed E-state index contributed by atoms with van der Waals surface area (Å²) in [5.41, 5.74) is 3.46. The molecule has 0 bridgehead atoms. The number of anilines is 1. The Labute approximate surface area is 137 Å². The Kier molecular flexibility index (Phi) is 3.31. The highest BCUT2D eigenvalue weighted by Gasteiger charge is 2.10. The number of nitrogens with zero attached hydrogens (tertiary/aromatic N) is 5. The maximum absolute atomic E-state index is 12.5. The van der Waals surface area contributed by atoms with Crippen molar-refractivity contribution in [1.29, 1.82) is 0 Å². The van der Waals surface area contributed by atoms with Crippen LogP contribution in [0.25, 0.3) is 16.9 Å². The lowest BCUT2D eigenvalue weighted by molar-refractivity contribution is 0.102. The van der Waals surface area contributed by atoms with E-state index in [1.165, 1.54) is 0 Å². The highest BCUT2D eigenvalue weighted by atomic mass is 16.1. The molecular weight excluding hydrogens is 304 g/mol. The second-order valence-corrected chi connectivity index (χ2v) is 5.38. The van der Waals surface area contributed by atoms with Crippen LogP contribution in [0, 0.1) is 0 Å². The molecule has 1 amide bonds. The molecule has 0 saturated heterocycles. The lowest BCUT2D eigenvalue weighted by atomic mass is 10.2. The molecule has 0 spiro atoms. The van der Waals surface area contributed by atoms with E-state index in [0.29, 0.717) is 16.8 Å². The molecule has 7 heteroatoms. The van der Waals surface area contributed by atoms with Crippen molar-refractivity contribution in [3.05, 3.63) is 66.9 Å². The number of rotatable bonds is 3. The summed E-state index contributed by atoms with van der Waals surface area (Å²) in [4.78, 5) is 21.0. The number of pyridine rings is 1. The highest BCUT2D eigenvalue weighted by Crippen LogP contribution is 2.16. The number of benzene rings is 1. The van der Waals surface area contributed by atoms with Gasteiger partial charge in [-0.15, -0.1) is 0 Å². The quantitative estimate of drug-likeness (QED) is 0.629. The average Bonchev–Trinajstić information content (AvgIpc) is 3.25. The van der Waals surface area contributed by atoms with Crippen molar-refractivity contribution in [2.45, 2.75) is 0 Å². The topological polar surface area (TPSA) is 77.6 Å². The Bertz CT molecular complexity index is 1020. The number of amides is 1. The monoisotopic (exact) mass is 318 g/mol. The molecule has 1 N–H and O–H groups in total. The van der Waals surface area contributed by atoms with Gasteiger partial charge in [-0.2, -0.15) is 5.10 Å². The molecule has 0 atom stereocenters. The van der Waals surface area contributed by atoms with Gasteiger partial charge in [-0.05, 0) is 30.3 Å². The van der Waals surface area contributed by atoms with Crippen LogP contribution in [0.2, 0.25) is 0 Å². The lowest BCUT2D eigenvalue weighted by Gasteiger charge is -2.07. The molecule has 3 heterocycles. The molecule has 7 nitrogen and oxygen atoms in total. The summed E-state index contributed by atoms with van der Waals surface area (Å²) in [6.45, 7) is 0. The van der Waals surface area contributed by atoms with Crippen LogP contribution in [0.1, 0.15) is 10.4 Å². The predicted molar refractivity (Wildman–Crippen MR) is 90.0 cm³/mol. The summed E-state index contributed by atoms with van der Waals surface area (Å²) in [5, 5.41) is 7.06. The Morgan fingerprint density at radius 1 is 1.17 bits per heavy atom. The highest BCUT2D eigenvalue weighted by molar-refractivity contribution is 6.05. The number of aryl methyl sites for hydroxylation is 1. The van der Waals surface area contributed by atoms with E-state index >= 15 is 0 Å². The number of carbonyl (C=O) groups excluding carboxylic acids is 1. The van der Waals surface area contributed by atoms with Crippen LogP contribution in [0.3, 0.4) is 0 Å². The van der Waals surface area contributed by atoms with Gasteiger partial charge < -0.3 is 9.88 Å². The van der Waals surface area contributed by atoms with Crippen LogP contribution in [0.5, 0.6) is 0 Å². The van der Waals surface area contributed by atoms with Crippen LogP contribution in [-0.2, 0) is 7.05 Å². The first-order chi connectivity index (χ1) is 11.7. The van der Waals surface area contributed by atoms with Gasteiger partial charge in [0.25, 0.3) is 5.91 Å².